The van der Waals surface area contributed by atoms with Crippen molar-refractivity contribution in [2.75, 3.05) is 0 Å². The number of halogens is 2. The van der Waals surface area contributed by atoms with Gasteiger partial charge in [-0.05, 0) is 37.6 Å². The van der Waals surface area contributed by atoms with E-state index in [1.165, 1.54) is 6.07 Å². The van der Waals surface area contributed by atoms with E-state index in [0.717, 1.165) is 16.7 Å². The lowest BCUT2D eigenvalue weighted by Crippen LogP contribution is -2.18. The highest BCUT2D eigenvalue weighted by Crippen LogP contribution is 2.25. The zero-order chi connectivity index (χ0) is 14.7. The number of benzene rings is 2. The minimum absolute atomic E-state index is 0.0151. The molecular formula is C16H17ClFNO. The largest absolute Gasteiger partial charge is 0.508 e. The van der Waals surface area contributed by atoms with Crippen molar-refractivity contribution in [2.24, 2.45) is 0 Å². The Kier molecular flexibility index (Phi) is 4.63. The van der Waals surface area contributed by atoms with Crippen molar-refractivity contribution >= 4 is 11.6 Å². The standard InChI is InChI=1S/C16H17ClFNO/c1-10-3-6-16(20)13(7-10)11(2)19-9-12-4-5-15(18)14(17)8-12/h3-8,11,19-20H,9H2,1-2H3. The van der Waals surface area contributed by atoms with E-state index in [-0.39, 0.29) is 16.8 Å². The van der Waals surface area contributed by atoms with Gasteiger partial charge in [0.1, 0.15) is 11.6 Å². The predicted molar refractivity (Wildman–Crippen MR) is 79.5 cm³/mol. The van der Waals surface area contributed by atoms with Crippen LogP contribution in [0.3, 0.4) is 0 Å². The van der Waals surface area contributed by atoms with Gasteiger partial charge in [0.05, 0.1) is 5.02 Å². The van der Waals surface area contributed by atoms with E-state index in [2.05, 4.69) is 5.32 Å². The molecular weight excluding hydrogens is 277 g/mol. The summed E-state index contributed by atoms with van der Waals surface area (Å²) in [4.78, 5) is 0. The number of rotatable bonds is 4. The van der Waals surface area contributed by atoms with Crippen molar-refractivity contribution in [1.82, 2.24) is 5.32 Å². The first-order valence-corrected chi connectivity index (χ1v) is 6.82. The third-order valence-electron chi connectivity index (χ3n) is 3.25. The van der Waals surface area contributed by atoms with Gasteiger partial charge < -0.3 is 10.4 Å². The number of phenolic OH excluding ortho intramolecular Hbond substituents is 1. The summed E-state index contributed by atoms with van der Waals surface area (Å²) in [5.74, 6) is -0.146. The second-order valence-electron chi connectivity index (χ2n) is 4.91. The van der Waals surface area contributed by atoms with Crippen LogP contribution in [0.2, 0.25) is 5.02 Å². The predicted octanol–water partition coefficient (Wildman–Crippen LogP) is 4.34. The Balaban J connectivity index is 2.06. The number of phenols is 1. The Hall–Kier alpha value is -1.58. The van der Waals surface area contributed by atoms with Crippen LogP contribution in [0.15, 0.2) is 36.4 Å². The van der Waals surface area contributed by atoms with Gasteiger partial charge in [0, 0.05) is 18.2 Å². The molecule has 0 saturated heterocycles. The van der Waals surface area contributed by atoms with Gasteiger partial charge in [0.15, 0.2) is 0 Å². The lowest BCUT2D eigenvalue weighted by atomic mass is 10.0. The second-order valence-corrected chi connectivity index (χ2v) is 5.32. The van der Waals surface area contributed by atoms with Crippen molar-refractivity contribution in [2.45, 2.75) is 26.4 Å². The molecule has 2 N–H and O–H groups in total. The van der Waals surface area contributed by atoms with Crippen LogP contribution in [0.25, 0.3) is 0 Å². The Morgan fingerprint density at radius 2 is 2.00 bits per heavy atom. The molecule has 2 aromatic rings. The highest BCUT2D eigenvalue weighted by atomic mass is 35.5. The molecule has 0 heterocycles. The molecule has 4 heteroatoms. The molecule has 2 nitrogen and oxygen atoms in total. The summed E-state index contributed by atoms with van der Waals surface area (Å²) in [6, 6.07) is 10.1. The molecule has 0 aliphatic heterocycles. The van der Waals surface area contributed by atoms with Crippen molar-refractivity contribution in [3.8, 4) is 5.75 Å². The zero-order valence-corrected chi connectivity index (χ0v) is 12.2. The van der Waals surface area contributed by atoms with Gasteiger partial charge >= 0.3 is 0 Å². The molecule has 0 aliphatic rings. The lowest BCUT2D eigenvalue weighted by Gasteiger charge is -2.16. The fourth-order valence-electron chi connectivity index (χ4n) is 2.05. The quantitative estimate of drug-likeness (QED) is 0.878. The number of hydrogen-bond acceptors (Lipinski definition) is 2. The van der Waals surface area contributed by atoms with E-state index in [1.807, 2.05) is 26.0 Å². The maximum atomic E-state index is 13.1. The van der Waals surface area contributed by atoms with E-state index < -0.39 is 5.82 Å². The Labute approximate surface area is 123 Å². The van der Waals surface area contributed by atoms with Crippen LogP contribution in [0.1, 0.15) is 29.7 Å². The maximum Gasteiger partial charge on any atom is 0.141 e. The van der Waals surface area contributed by atoms with E-state index in [9.17, 15) is 9.50 Å². The molecule has 0 saturated carbocycles. The van der Waals surface area contributed by atoms with E-state index >= 15 is 0 Å². The molecule has 2 aromatic carbocycles. The summed E-state index contributed by atoms with van der Waals surface area (Å²) in [5.41, 5.74) is 2.84. The van der Waals surface area contributed by atoms with Crippen molar-refractivity contribution in [1.29, 1.82) is 0 Å². The normalized spacial score (nSPS) is 12.4. The van der Waals surface area contributed by atoms with E-state index in [0.29, 0.717) is 6.54 Å². The number of nitrogens with one attached hydrogen (secondary N) is 1. The minimum Gasteiger partial charge on any atom is -0.508 e. The summed E-state index contributed by atoms with van der Waals surface area (Å²) < 4.78 is 13.1. The molecule has 0 radical (unpaired) electrons. The zero-order valence-electron chi connectivity index (χ0n) is 11.5. The van der Waals surface area contributed by atoms with Crippen molar-refractivity contribution in [3.63, 3.8) is 0 Å². The molecule has 0 aliphatic carbocycles. The molecule has 1 atom stereocenters. The van der Waals surface area contributed by atoms with Gasteiger partial charge in [-0.1, -0.05) is 35.4 Å². The third-order valence-corrected chi connectivity index (χ3v) is 3.54. The average molecular weight is 294 g/mol. The van der Waals surface area contributed by atoms with Crippen LogP contribution in [-0.4, -0.2) is 5.11 Å². The van der Waals surface area contributed by atoms with Crippen LogP contribution in [0, 0.1) is 12.7 Å². The second kappa shape index (κ2) is 6.25. The molecule has 0 fully saturated rings. The summed E-state index contributed by atoms with van der Waals surface area (Å²) >= 11 is 5.75. The molecule has 106 valence electrons. The van der Waals surface area contributed by atoms with E-state index in [4.69, 9.17) is 11.6 Å². The smallest absolute Gasteiger partial charge is 0.141 e. The summed E-state index contributed by atoms with van der Waals surface area (Å²) in [6.45, 7) is 4.50. The van der Waals surface area contributed by atoms with Gasteiger partial charge in [-0.2, -0.15) is 0 Å². The van der Waals surface area contributed by atoms with E-state index in [1.54, 1.807) is 18.2 Å². The van der Waals surface area contributed by atoms with Gasteiger partial charge in [-0.3, -0.25) is 0 Å². The van der Waals surface area contributed by atoms with Crippen LogP contribution in [0.5, 0.6) is 5.75 Å². The first kappa shape index (κ1) is 14.8. The summed E-state index contributed by atoms with van der Waals surface area (Å²) in [6.07, 6.45) is 0. The fourth-order valence-corrected chi connectivity index (χ4v) is 2.25. The lowest BCUT2D eigenvalue weighted by molar-refractivity contribution is 0.452. The average Bonchev–Trinajstić information content (AvgIpc) is 2.42. The first-order chi connectivity index (χ1) is 9.47. The number of hydrogen-bond donors (Lipinski definition) is 2. The Bertz CT molecular complexity index is 615. The summed E-state index contributed by atoms with van der Waals surface area (Å²) in [5, 5.41) is 13.3. The van der Waals surface area contributed by atoms with Gasteiger partial charge in [0.2, 0.25) is 0 Å². The maximum absolute atomic E-state index is 13.1. The topological polar surface area (TPSA) is 32.3 Å². The fraction of sp³-hybridized carbons (Fsp3) is 0.250. The molecule has 0 spiro atoms. The molecule has 0 amide bonds. The monoisotopic (exact) mass is 293 g/mol. The number of aryl methyl sites for hydroxylation is 1. The van der Waals surface area contributed by atoms with Crippen molar-refractivity contribution in [3.05, 3.63) is 63.9 Å². The highest BCUT2D eigenvalue weighted by Gasteiger charge is 2.10. The third kappa shape index (κ3) is 3.50. The Morgan fingerprint density at radius 1 is 1.25 bits per heavy atom. The molecule has 0 bridgehead atoms. The van der Waals surface area contributed by atoms with Crippen LogP contribution < -0.4 is 5.32 Å². The van der Waals surface area contributed by atoms with Crippen LogP contribution in [0.4, 0.5) is 4.39 Å². The Morgan fingerprint density at radius 3 is 2.70 bits per heavy atom. The van der Waals surface area contributed by atoms with Gasteiger partial charge in [-0.15, -0.1) is 0 Å². The molecule has 1 unspecified atom stereocenters. The van der Waals surface area contributed by atoms with Crippen molar-refractivity contribution < 1.29 is 9.50 Å². The first-order valence-electron chi connectivity index (χ1n) is 6.44. The minimum atomic E-state index is -0.417. The van der Waals surface area contributed by atoms with Crippen LogP contribution in [-0.2, 0) is 6.54 Å². The number of aromatic hydroxyl groups is 1. The molecule has 20 heavy (non-hydrogen) atoms. The van der Waals surface area contributed by atoms with Gasteiger partial charge in [0.25, 0.3) is 0 Å². The SMILES string of the molecule is Cc1ccc(O)c(C(C)NCc2ccc(F)c(Cl)c2)c1. The molecule has 0 aromatic heterocycles. The van der Waals surface area contributed by atoms with Crippen LogP contribution >= 0.6 is 11.6 Å². The highest BCUT2D eigenvalue weighted by molar-refractivity contribution is 6.30. The summed E-state index contributed by atoms with van der Waals surface area (Å²) in [7, 11) is 0. The van der Waals surface area contributed by atoms with Gasteiger partial charge in [-0.25, -0.2) is 4.39 Å². The molecule has 2 rings (SSSR count).